The second kappa shape index (κ2) is 8.04. The fourth-order valence-corrected chi connectivity index (χ4v) is 2.64. The molecule has 2 N–H and O–H groups in total. The average molecular weight is 228 g/mol. The standard InChI is InChI=1S/C13H28N2O/c1-3-15(11-12(14)9-10-16-2)13-7-5-4-6-8-13/h12-13H,3-11,14H2,1-2H3. The van der Waals surface area contributed by atoms with Crippen LogP contribution in [0.25, 0.3) is 0 Å². The first-order valence-corrected chi connectivity index (χ1v) is 6.76. The van der Waals surface area contributed by atoms with Crippen LogP contribution in [0.4, 0.5) is 0 Å². The molecule has 0 radical (unpaired) electrons. The second-order valence-electron chi connectivity index (χ2n) is 4.92. The van der Waals surface area contributed by atoms with Crippen LogP contribution in [0.2, 0.25) is 0 Å². The Morgan fingerprint density at radius 1 is 1.31 bits per heavy atom. The minimum Gasteiger partial charge on any atom is -0.385 e. The van der Waals surface area contributed by atoms with Crippen molar-refractivity contribution in [2.75, 3.05) is 26.8 Å². The Bertz CT molecular complexity index is 169. The summed E-state index contributed by atoms with van der Waals surface area (Å²) in [7, 11) is 1.74. The zero-order chi connectivity index (χ0) is 11.8. The Hall–Kier alpha value is -0.120. The van der Waals surface area contributed by atoms with Gasteiger partial charge in [-0.1, -0.05) is 26.2 Å². The van der Waals surface area contributed by atoms with Crippen molar-refractivity contribution in [2.24, 2.45) is 5.73 Å². The molecule has 0 aromatic carbocycles. The van der Waals surface area contributed by atoms with Crippen molar-refractivity contribution in [1.29, 1.82) is 0 Å². The lowest BCUT2D eigenvalue weighted by molar-refractivity contribution is 0.138. The van der Waals surface area contributed by atoms with Gasteiger partial charge in [0, 0.05) is 32.3 Å². The Kier molecular flexibility index (Phi) is 7.01. The number of rotatable bonds is 7. The lowest BCUT2D eigenvalue weighted by Gasteiger charge is -2.35. The summed E-state index contributed by atoms with van der Waals surface area (Å²) < 4.78 is 5.07. The number of likely N-dealkylation sites (N-methyl/N-ethyl adjacent to an activating group) is 1. The highest BCUT2D eigenvalue weighted by Gasteiger charge is 2.21. The molecule has 0 bridgehead atoms. The van der Waals surface area contributed by atoms with Gasteiger partial charge in [0.05, 0.1) is 0 Å². The minimum absolute atomic E-state index is 0.266. The largest absolute Gasteiger partial charge is 0.385 e. The predicted molar refractivity (Wildman–Crippen MR) is 68.6 cm³/mol. The molecule has 0 aliphatic heterocycles. The van der Waals surface area contributed by atoms with Gasteiger partial charge in [0.2, 0.25) is 0 Å². The summed E-state index contributed by atoms with van der Waals surface area (Å²) in [6.45, 7) is 5.19. The van der Waals surface area contributed by atoms with Gasteiger partial charge >= 0.3 is 0 Å². The smallest absolute Gasteiger partial charge is 0.0477 e. The summed E-state index contributed by atoms with van der Waals surface area (Å²) in [6, 6.07) is 1.05. The SMILES string of the molecule is CCN(CC(N)CCOC)C1CCCCC1. The summed E-state index contributed by atoms with van der Waals surface area (Å²) in [4.78, 5) is 2.57. The van der Waals surface area contributed by atoms with E-state index in [1.807, 2.05) is 0 Å². The van der Waals surface area contributed by atoms with E-state index in [0.29, 0.717) is 0 Å². The van der Waals surface area contributed by atoms with Gasteiger partial charge in [-0.05, 0) is 25.8 Å². The molecule has 3 heteroatoms. The van der Waals surface area contributed by atoms with Gasteiger partial charge in [0.15, 0.2) is 0 Å². The molecule has 3 nitrogen and oxygen atoms in total. The van der Waals surface area contributed by atoms with Gasteiger partial charge in [-0.3, -0.25) is 4.90 Å². The number of ether oxygens (including phenoxy) is 1. The third-order valence-electron chi connectivity index (χ3n) is 3.66. The molecular weight excluding hydrogens is 200 g/mol. The molecule has 1 aliphatic rings. The minimum atomic E-state index is 0.266. The highest BCUT2D eigenvalue weighted by Crippen LogP contribution is 2.22. The molecule has 1 fully saturated rings. The first kappa shape index (κ1) is 13.9. The van der Waals surface area contributed by atoms with Crippen molar-refractivity contribution < 1.29 is 4.74 Å². The van der Waals surface area contributed by atoms with Crippen LogP contribution >= 0.6 is 0 Å². The van der Waals surface area contributed by atoms with Gasteiger partial charge in [-0.25, -0.2) is 0 Å². The molecule has 1 unspecified atom stereocenters. The van der Waals surface area contributed by atoms with Crippen molar-refractivity contribution in [1.82, 2.24) is 4.90 Å². The first-order valence-electron chi connectivity index (χ1n) is 6.76. The van der Waals surface area contributed by atoms with E-state index < -0.39 is 0 Å². The van der Waals surface area contributed by atoms with Gasteiger partial charge < -0.3 is 10.5 Å². The fraction of sp³-hybridized carbons (Fsp3) is 1.00. The predicted octanol–water partition coefficient (Wildman–Crippen LogP) is 2.00. The van der Waals surface area contributed by atoms with Crippen LogP contribution in [-0.2, 0) is 4.74 Å². The van der Waals surface area contributed by atoms with Crippen LogP contribution in [0, 0.1) is 0 Å². The van der Waals surface area contributed by atoms with Gasteiger partial charge in [-0.15, -0.1) is 0 Å². The Labute approximate surface area is 100 Å². The van der Waals surface area contributed by atoms with Crippen molar-refractivity contribution >= 4 is 0 Å². The van der Waals surface area contributed by atoms with Crippen molar-refractivity contribution in [3.8, 4) is 0 Å². The fourth-order valence-electron chi connectivity index (χ4n) is 2.64. The highest BCUT2D eigenvalue weighted by molar-refractivity contribution is 4.78. The van der Waals surface area contributed by atoms with E-state index in [1.54, 1.807) is 7.11 Å². The maximum atomic E-state index is 6.12. The van der Waals surface area contributed by atoms with Crippen molar-refractivity contribution in [3.05, 3.63) is 0 Å². The maximum Gasteiger partial charge on any atom is 0.0477 e. The van der Waals surface area contributed by atoms with Gasteiger partial charge in [0.1, 0.15) is 0 Å². The molecule has 1 saturated carbocycles. The topological polar surface area (TPSA) is 38.5 Å². The molecule has 96 valence electrons. The van der Waals surface area contributed by atoms with Crippen LogP contribution in [0.15, 0.2) is 0 Å². The Balaban J connectivity index is 2.29. The summed E-state index contributed by atoms with van der Waals surface area (Å²) in [6.07, 6.45) is 7.92. The number of nitrogens with zero attached hydrogens (tertiary/aromatic N) is 1. The van der Waals surface area contributed by atoms with E-state index in [2.05, 4.69) is 11.8 Å². The molecule has 0 amide bonds. The molecule has 0 aromatic heterocycles. The van der Waals surface area contributed by atoms with Crippen LogP contribution < -0.4 is 5.73 Å². The Morgan fingerprint density at radius 3 is 2.56 bits per heavy atom. The maximum absolute atomic E-state index is 6.12. The van der Waals surface area contributed by atoms with Crippen LogP contribution in [0.5, 0.6) is 0 Å². The molecule has 0 saturated heterocycles. The summed E-state index contributed by atoms with van der Waals surface area (Å²) in [5.41, 5.74) is 6.12. The first-order chi connectivity index (χ1) is 7.77. The number of methoxy groups -OCH3 is 1. The average Bonchev–Trinajstić information content (AvgIpc) is 2.34. The molecule has 1 atom stereocenters. The Morgan fingerprint density at radius 2 is 2.00 bits per heavy atom. The second-order valence-corrected chi connectivity index (χ2v) is 4.92. The quantitative estimate of drug-likeness (QED) is 0.724. The molecule has 0 spiro atoms. The summed E-state index contributed by atoms with van der Waals surface area (Å²) in [5, 5.41) is 0. The molecule has 0 aromatic rings. The highest BCUT2D eigenvalue weighted by atomic mass is 16.5. The zero-order valence-electron chi connectivity index (χ0n) is 11.0. The van der Waals surface area contributed by atoms with Crippen molar-refractivity contribution in [2.45, 2.75) is 57.5 Å². The van der Waals surface area contributed by atoms with E-state index in [0.717, 1.165) is 32.2 Å². The normalized spacial score (nSPS) is 20.2. The molecule has 1 rings (SSSR count). The van der Waals surface area contributed by atoms with E-state index in [-0.39, 0.29) is 6.04 Å². The summed E-state index contributed by atoms with van der Waals surface area (Å²) in [5.74, 6) is 0. The van der Waals surface area contributed by atoms with Gasteiger partial charge in [0.25, 0.3) is 0 Å². The van der Waals surface area contributed by atoms with Crippen LogP contribution in [-0.4, -0.2) is 43.8 Å². The number of hydrogen-bond donors (Lipinski definition) is 1. The third kappa shape index (κ3) is 4.81. The van der Waals surface area contributed by atoms with Crippen LogP contribution in [0.3, 0.4) is 0 Å². The zero-order valence-corrected chi connectivity index (χ0v) is 11.0. The number of nitrogens with two attached hydrogens (primary N) is 1. The lowest BCUT2D eigenvalue weighted by Crippen LogP contribution is -2.44. The molecule has 0 heterocycles. The van der Waals surface area contributed by atoms with Crippen LogP contribution in [0.1, 0.15) is 45.4 Å². The molecule has 1 aliphatic carbocycles. The lowest BCUT2D eigenvalue weighted by atomic mass is 9.94. The van der Waals surface area contributed by atoms with E-state index in [9.17, 15) is 0 Å². The van der Waals surface area contributed by atoms with E-state index in [4.69, 9.17) is 10.5 Å². The molecule has 16 heavy (non-hydrogen) atoms. The number of hydrogen-bond acceptors (Lipinski definition) is 3. The monoisotopic (exact) mass is 228 g/mol. The third-order valence-corrected chi connectivity index (χ3v) is 3.66. The van der Waals surface area contributed by atoms with Gasteiger partial charge in [-0.2, -0.15) is 0 Å². The van der Waals surface area contributed by atoms with E-state index >= 15 is 0 Å². The molecular formula is C13H28N2O. The van der Waals surface area contributed by atoms with E-state index in [1.165, 1.54) is 32.1 Å². The summed E-state index contributed by atoms with van der Waals surface area (Å²) >= 11 is 0. The van der Waals surface area contributed by atoms with Crippen molar-refractivity contribution in [3.63, 3.8) is 0 Å².